The number of para-hydroxylation sites is 4. The van der Waals surface area contributed by atoms with E-state index in [4.69, 9.17) is 0 Å². The lowest BCUT2D eigenvalue weighted by Gasteiger charge is -2.28. The van der Waals surface area contributed by atoms with Crippen molar-refractivity contribution in [3.8, 4) is 11.5 Å². The number of aromatic hydroxyl groups is 2. The third-order valence-electron chi connectivity index (χ3n) is 5.71. The fourth-order valence-electron chi connectivity index (χ4n) is 3.82. The van der Waals surface area contributed by atoms with Crippen LogP contribution < -0.4 is 0 Å². The molecule has 0 aliphatic heterocycles. The highest BCUT2D eigenvalue weighted by molar-refractivity contribution is 5.87. The van der Waals surface area contributed by atoms with Gasteiger partial charge in [0.2, 0.25) is 0 Å². The van der Waals surface area contributed by atoms with Crippen LogP contribution in [0.2, 0.25) is 0 Å². The van der Waals surface area contributed by atoms with Crippen molar-refractivity contribution in [2.75, 3.05) is 0 Å². The summed E-state index contributed by atoms with van der Waals surface area (Å²) in [6, 6.07) is 30.3. The molecule has 164 valence electrons. The summed E-state index contributed by atoms with van der Waals surface area (Å²) in [4.78, 5) is 9.15. The van der Waals surface area contributed by atoms with E-state index < -0.39 is 5.41 Å². The number of hydrogen-bond acceptors (Lipinski definition) is 4. The van der Waals surface area contributed by atoms with Gasteiger partial charge >= 0.3 is 0 Å². The second kappa shape index (κ2) is 9.53. The Kier molecular flexibility index (Phi) is 6.36. The number of benzene rings is 4. The molecule has 4 nitrogen and oxygen atoms in total. The van der Waals surface area contributed by atoms with Crippen LogP contribution in [0.15, 0.2) is 107 Å². The van der Waals surface area contributed by atoms with Gasteiger partial charge in [0.1, 0.15) is 11.5 Å². The van der Waals surface area contributed by atoms with E-state index in [1.165, 1.54) is 0 Å². The second-order valence-corrected chi connectivity index (χ2v) is 8.30. The zero-order valence-electron chi connectivity index (χ0n) is 18.7. The number of phenols is 2. The molecule has 33 heavy (non-hydrogen) atoms. The minimum absolute atomic E-state index is 0.182. The fraction of sp³-hybridized carbons (Fsp3) is 0.103. The Hall–Kier alpha value is -4.18. The molecule has 0 saturated heterocycles. The van der Waals surface area contributed by atoms with Gasteiger partial charge in [-0.15, -0.1) is 0 Å². The number of rotatable bonds is 6. The maximum atomic E-state index is 11.1. The molecule has 0 spiro atoms. The van der Waals surface area contributed by atoms with Crippen LogP contribution >= 0.6 is 0 Å². The van der Waals surface area contributed by atoms with Crippen LogP contribution in [0.5, 0.6) is 11.5 Å². The molecule has 0 aliphatic rings. The van der Waals surface area contributed by atoms with E-state index >= 15 is 0 Å². The molecule has 0 radical (unpaired) electrons. The first kappa shape index (κ1) is 22.0. The minimum atomic E-state index is -0.534. The van der Waals surface area contributed by atoms with E-state index in [0.29, 0.717) is 11.1 Å². The maximum Gasteiger partial charge on any atom is 0.128 e. The Morgan fingerprint density at radius 3 is 2.00 bits per heavy atom. The molecule has 0 unspecified atom stereocenters. The standard InChI is InChI=1S/C29H26N2O2/c1-29(2,24-15-7-8-17-26(24)31-19-21-11-6-9-18-27(21)32)25-16-10-12-22(28(25)33)20-30-23-13-4-3-5-14-23/h3-20,32-33H,1-2H3. The van der Waals surface area contributed by atoms with E-state index in [0.717, 1.165) is 22.5 Å². The SMILES string of the molecule is CC(C)(c1ccccc1N=Cc1ccccc1O)c1cccc(C=Nc2ccccc2)c1O. The van der Waals surface area contributed by atoms with Crippen LogP contribution in [0.1, 0.15) is 36.1 Å². The lowest BCUT2D eigenvalue weighted by molar-refractivity contribution is 0.452. The van der Waals surface area contributed by atoms with Crippen molar-refractivity contribution in [2.45, 2.75) is 19.3 Å². The lowest BCUT2D eigenvalue weighted by Crippen LogP contribution is -2.19. The predicted molar refractivity (Wildman–Crippen MR) is 136 cm³/mol. The van der Waals surface area contributed by atoms with Crippen LogP contribution in [0, 0.1) is 0 Å². The van der Waals surface area contributed by atoms with Gasteiger partial charge in [0.25, 0.3) is 0 Å². The Labute approximate surface area is 194 Å². The van der Waals surface area contributed by atoms with Gasteiger partial charge in [-0.1, -0.05) is 74.5 Å². The van der Waals surface area contributed by atoms with E-state index in [1.807, 2.05) is 84.9 Å². The molecule has 4 aromatic carbocycles. The largest absolute Gasteiger partial charge is 0.507 e. The summed E-state index contributed by atoms with van der Waals surface area (Å²) >= 11 is 0. The highest BCUT2D eigenvalue weighted by Gasteiger charge is 2.29. The van der Waals surface area contributed by atoms with Crippen molar-refractivity contribution >= 4 is 23.8 Å². The quantitative estimate of drug-likeness (QED) is 0.323. The summed E-state index contributed by atoms with van der Waals surface area (Å²) in [6.07, 6.45) is 3.35. The van der Waals surface area contributed by atoms with Gasteiger partial charge in [0.15, 0.2) is 0 Å². The van der Waals surface area contributed by atoms with Crippen molar-refractivity contribution in [1.82, 2.24) is 0 Å². The molecule has 4 aromatic rings. The molecule has 4 rings (SSSR count). The summed E-state index contributed by atoms with van der Waals surface area (Å²) in [5, 5.41) is 21.2. The molecule has 2 N–H and O–H groups in total. The summed E-state index contributed by atoms with van der Waals surface area (Å²) in [5.41, 5.74) is 4.10. The third kappa shape index (κ3) is 4.85. The first-order valence-electron chi connectivity index (χ1n) is 10.8. The van der Waals surface area contributed by atoms with Crippen LogP contribution in [-0.2, 0) is 5.41 Å². The zero-order valence-corrected chi connectivity index (χ0v) is 18.7. The number of aliphatic imine (C=N–C) groups is 2. The number of hydrogen-bond donors (Lipinski definition) is 2. The summed E-state index contributed by atoms with van der Waals surface area (Å²) in [5.74, 6) is 0.378. The monoisotopic (exact) mass is 434 g/mol. The maximum absolute atomic E-state index is 11.1. The molecule has 4 heteroatoms. The molecule has 0 amide bonds. The smallest absolute Gasteiger partial charge is 0.128 e. The molecule has 0 bridgehead atoms. The van der Waals surface area contributed by atoms with Crippen molar-refractivity contribution in [3.05, 3.63) is 119 Å². The van der Waals surface area contributed by atoms with Gasteiger partial charge < -0.3 is 10.2 Å². The lowest BCUT2D eigenvalue weighted by atomic mass is 9.76. The van der Waals surface area contributed by atoms with Gasteiger partial charge in [-0.3, -0.25) is 9.98 Å². The average Bonchev–Trinajstić information content (AvgIpc) is 2.83. The van der Waals surface area contributed by atoms with Crippen LogP contribution in [0.25, 0.3) is 0 Å². The highest BCUT2D eigenvalue weighted by atomic mass is 16.3. The zero-order chi connectivity index (χ0) is 23.3. The van der Waals surface area contributed by atoms with Crippen LogP contribution in [0.4, 0.5) is 11.4 Å². The van der Waals surface area contributed by atoms with E-state index in [-0.39, 0.29) is 11.5 Å². The highest BCUT2D eigenvalue weighted by Crippen LogP contribution is 2.41. The van der Waals surface area contributed by atoms with Gasteiger partial charge in [-0.25, -0.2) is 0 Å². The Morgan fingerprint density at radius 1 is 0.606 bits per heavy atom. The van der Waals surface area contributed by atoms with Crippen molar-refractivity contribution in [2.24, 2.45) is 9.98 Å². The van der Waals surface area contributed by atoms with E-state index in [9.17, 15) is 10.2 Å². The Balaban J connectivity index is 1.71. The first-order chi connectivity index (χ1) is 16.0. The van der Waals surface area contributed by atoms with Crippen molar-refractivity contribution < 1.29 is 10.2 Å². The van der Waals surface area contributed by atoms with Crippen LogP contribution in [-0.4, -0.2) is 22.6 Å². The molecule has 0 saturated carbocycles. The molecular weight excluding hydrogens is 408 g/mol. The van der Waals surface area contributed by atoms with Crippen LogP contribution in [0.3, 0.4) is 0 Å². The second-order valence-electron chi connectivity index (χ2n) is 8.30. The van der Waals surface area contributed by atoms with Gasteiger partial charge in [0, 0.05) is 34.5 Å². The first-order valence-corrected chi connectivity index (χ1v) is 10.8. The Morgan fingerprint density at radius 2 is 1.21 bits per heavy atom. The normalized spacial score (nSPS) is 11.9. The van der Waals surface area contributed by atoms with Gasteiger partial charge in [0.05, 0.1) is 11.4 Å². The molecule has 0 atom stereocenters. The molecule has 0 heterocycles. The van der Waals surface area contributed by atoms with Gasteiger partial charge in [-0.2, -0.15) is 0 Å². The Bertz CT molecular complexity index is 1310. The summed E-state index contributed by atoms with van der Waals surface area (Å²) in [6.45, 7) is 4.13. The molecule has 0 aromatic heterocycles. The predicted octanol–water partition coefficient (Wildman–Crippen LogP) is 6.92. The molecule has 0 aliphatic carbocycles. The van der Waals surface area contributed by atoms with E-state index in [1.54, 1.807) is 24.6 Å². The van der Waals surface area contributed by atoms with Crippen molar-refractivity contribution in [1.29, 1.82) is 0 Å². The molecular formula is C29H26N2O2. The third-order valence-corrected chi connectivity index (χ3v) is 5.71. The average molecular weight is 435 g/mol. The van der Waals surface area contributed by atoms with Crippen molar-refractivity contribution in [3.63, 3.8) is 0 Å². The molecule has 0 fully saturated rings. The van der Waals surface area contributed by atoms with E-state index in [2.05, 4.69) is 23.8 Å². The number of phenolic OH excluding ortho intramolecular Hbond substituents is 2. The fourth-order valence-corrected chi connectivity index (χ4v) is 3.82. The number of nitrogens with zero attached hydrogens (tertiary/aromatic N) is 2. The minimum Gasteiger partial charge on any atom is -0.507 e. The summed E-state index contributed by atoms with van der Waals surface area (Å²) in [7, 11) is 0. The van der Waals surface area contributed by atoms with Gasteiger partial charge in [-0.05, 0) is 42.0 Å². The summed E-state index contributed by atoms with van der Waals surface area (Å²) < 4.78 is 0. The topological polar surface area (TPSA) is 65.2 Å².